The van der Waals surface area contributed by atoms with Crippen LogP contribution in [0.4, 0.5) is 10.5 Å². The van der Waals surface area contributed by atoms with Crippen LogP contribution in [0, 0.1) is 0 Å². The number of aliphatic carboxylic acids is 1. The zero-order chi connectivity index (χ0) is 14.7. The Morgan fingerprint density at radius 1 is 1.40 bits per heavy atom. The second kappa shape index (κ2) is 6.15. The van der Waals surface area contributed by atoms with E-state index in [1.165, 1.54) is 11.8 Å². The number of carbonyl (C=O) groups is 2. The third-order valence-corrected chi connectivity index (χ3v) is 3.97. The number of nitrogens with one attached hydrogen (secondary N) is 1. The zero-order valence-corrected chi connectivity index (χ0v) is 11.8. The van der Waals surface area contributed by atoms with Gasteiger partial charge in [-0.15, -0.1) is 11.8 Å². The van der Waals surface area contributed by atoms with Crippen molar-refractivity contribution in [2.24, 2.45) is 0 Å². The van der Waals surface area contributed by atoms with Gasteiger partial charge in [0, 0.05) is 17.9 Å². The van der Waals surface area contributed by atoms with Gasteiger partial charge in [-0.05, 0) is 18.4 Å². The number of carboxylic acid groups (broad SMARTS) is 1. The maximum Gasteiger partial charge on any atom is 0.326 e. The van der Waals surface area contributed by atoms with Crippen molar-refractivity contribution in [1.82, 2.24) is 4.90 Å². The molecule has 20 heavy (non-hydrogen) atoms. The number of carboxylic acids is 1. The predicted molar refractivity (Wildman–Crippen MR) is 76.0 cm³/mol. The standard InChI is InChI=1S/C13H16N2O4S/c1-20-11-5-3-2-4-9(11)14-13(19)15-7-8(16)6-10(15)12(17)18/h2-5,8,10,16H,6-7H2,1H3,(H,14,19)(H,17,18)/t8-,10+/m1/s1. The number of thioether (sulfide) groups is 1. The number of rotatable bonds is 3. The van der Waals surface area contributed by atoms with Crippen molar-refractivity contribution in [3.8, 4) is 0 Å². The maximum absolute atomic E-state index is 12.2. The number of para-hydroxylation sites is 1. The van der Waals surface area contributed by atoms with Crippen LogP contribution in [0.15, 0.2) is 29.2 Å². The Hall–Kier alpha value is -1.73. The number of aliphatic hydroxyl groups excluding tert-OH is 1. The SMILES string of the molecule is CSc1ccccc1NC(=O)N1C[C@H](O)C[C@H]1C(=O)O. The van der Waals surface area contributed by atoms with E-state index in [0.29, 0.717) is 5.69 Å². The average molecular weight is 296 g/mol. The van der Waals surface area contributed by atoms with Crippen molar-refractivity contribution in [3.05, 3.63) is 24.3 Å². The lowest BCUT2D eigenvalue weighted by atomic mass is 10.2. The van der Waals surface area contributed by atoms with Gasteiger partial charge in [-0.2, -0.15) is 0 Å². The van der Waals surface area contributed by atoms with Gasteiger partial charge in [-0.3, -0.25) is 0 Å². The van der Waals surface area contributed by atoms with E-state index in [1.54, 1.807) is 12.1 Å². The molecular formula is C13H16N2O4S. The van der Waals surface area contributed by atoms with Crippen LogP contribution in [-0.4, -0.2) is 52.1 Å². The molecule has 1 aliphatic heterocycles. The van der Waals surface area contributed by atoms with Crippen LogP contribution < -0.4 is 5.32 Å². The number of aliphatic hydroxyl groups is 1. The maximum atomic E-state index is 12.2. The van der Waals surface area contributed by atoms with E-state index >= 15 is 0 Å². The highest BCUT2D eigenvalue weighted by atomic mass is 32.2. The lowest BCUT2D eigenvalue weighted by molar-refractivity contribution is -0.141. The summed E-state index contributed by atoms with van der Waals surface area (Å²) in [5.74, 6) is -1.10. The molecule has 3 N–H and O–H groups in total. The topological polar surface area (TPSA) is 89.9 Å². The van der Waals surface area contributed by atoms with Crippen LogP contribution in [0.2, 0.25) is 0 Å². The molecule has 0 bridgehead atoms. The molecule has 0 saturated carbocycles. The summed E-state index contributed by atoms with van der Waals surface area (Å²) in [4.78, 5) is 25.3. The van der Waals surface area contributed by atoms with E-state index in [9.17, 15) is 14.7 Å². The van der Waals surface area contributed by atoms with E-state index in [0.717, 1.165) is 9.80 Å². The molecule has 2 atom stereocenters. The number of hydrogen-bond acceptors (Lipinski definition) is 4. The van der Waals surface area contributed by atoms with E-state index < -0.39 is 24.1 Å². The molecular weight excluding hydrogens is 280 g/mol. The second-order valence-electron chi connectivity index (χ2n) is 4.53. The van der Waals surface area contributed by atoms with E-state index in [2.05, 4.69) is 5.32 Å². The molecule has 6 nitrogen and oxygen atoms in total. The smallest absolute Gasteiger partial charge is 0.326 e. The number of anilines is 1. The molecule has 1 aliphatic rings. The van der Waals surface area contributed by atoms with Crippen LogP contribution in [0.3, 0.4) is 0 Å². The van der Waals surface area contributed by atoms with Crippen LogP contribution >= 0.6 is 11.8 Å². The van der Waals surface area contributed by atoms with Gasteiger partial charge in [0.1, 0.15) is 6.04 Å². The van der Waals surface area contributed by atoms with Gasteiger partial charge in [0.05, 0.1) is 11.8 Å². The van der Waals surface area contributed by atoms with Crippen molar-refractivity contribution >= 4 is 29.4 Å². The van der Waals surface area contributed by atoms with Crippen molar-refractivity contribution in [2.75, 3.05) is 18.1 Å². The molecule has 1 saturated heterocycles. The average Bonchev–Trinajstić information content (AvgIpc) is 2.82. The fourth-order valence-electron chi connectivity index (χ4n) is 2.21. The van der Waals surface area contributed by atoms with E-state index in [1.807, 2.05) is 18.4 Å². The number of likely N-dealkylation sites (tertiary alicyclic amines) is 1. The predicted octanol–water partition coefficient (Wildman–Crippen LogP) is 1.46. The quantitative estimate of drug-likeness (QED) is 0.735. The third-order valence-electron chi connectivity index (χ3n) is 3.17. The Bertz CT molecular complexity index is 523. The summed E-state index contributed by atoms with van der Waals surface area (Å²) in [5.41, 5.74) is 0.635. The molecule has 1 aromatic carbocycles. The van der Waals surface area contributed by atoms with Crippen molar-refractivity contribution < 1.29 is 19.8 Å². The molecule has 0 unspecified atom stereocenters. The Kier molecular flexibility index (Phi) is 4.51. The third kappa shape index (κ3) is 3.05. The fourth-order valence-corrected chi connectivity index (χ4v) is 2.76. The van der Waals surface area contributed by atoms with Gasteiger partial charge in [0.25, 0.3) is 0 Å². The highest BCUT2D eigenvalue weighted by molar-refractivity contribution is 7.98. The molecule has 2 amide bonds. The zero-order valence-electron chi connectivity index (χ0n) is 10.9. The monoisotopic (exact) mass is 296 g/mol. The number of carbonyl (C=O) groups excluding carboxylic acids is 1. The minimum Gasteiger partial charge on any atom is -0.480 e. The molecule has 108 valence electrons. The summed E-state index contributed by atoms with van der Waals surface area (Å²) in [6.07, 6.45) is 1.16. The number of urea groups is 1. The Labute approximate surface area is 120 Å². The molecule has 0 spiro atoms. The number of nitrogens with zero attached hydrogens (tertiary/aromatic N) is 1. The first-order chi connectivity index (χ1) is 9.52. The van der Waals surface area contributed by atoms with Gasteiger partial charge in [-0.25, -0.2) is 9.59 Å². The molecule has 0 radical (unpaired) electrons. The fraction of sp³-hybridized carbons (Fsp3) is 0.385. The molecule has 0 aliphatic carbocycles. The highest BCUT2D eigenvalue weighted by Crippen LogP contribution is 2.26. The lowest BCUT2D eigenvalue weighted by Crippen LogP contribution is -2.43. The normalized spacial score (nSPS) is 21.8. The summed E-state index contributed by atoms with van der Waals surface area (Å²) in [5, 5.41) is 21.3. The highest BCUT2D eigenvalue weighted by Gasteiger charge is 2.39. The van der Waals surface area contributed by atoms with E-state index in [-0.39, 0.29) is 13.0 Å². The van der Waals surface area contributed by atoms with Crippen LogP contribution in [0.1, 0.15) is 6.42 Å². The van der Waals surface area contributed by atoms with Crippen LogP contribution in [0.25, 0.3) is 0 Å². The Morgan fingerprint density at radius 2 is 2.10 bits per heavy atom. The van der Waals surface area contributed by atoms with Gasteiger partial charge in [-0.1, -0.05) is 12.1 Å². The number of β-amino-alcohol motifs (C(OH)–C–C–N with tert-alkyl or cyclic N) is 1. The first-order valence-electron chi connectivity index (χ1n) is 6.14. The number of amides is 2. The molecule has 2 rings (SSSR count). The minimum atomic E-state index is -1.10. The summed E-state index contributed by atoms with van der Waals surface area (Å²) in [6, 6.07) is 5.80. The Morgan fingerprint density at radius 3 is 2.75 bits per heavy atom. The lowest BCUT2D eigenvalue weighted by Gasteiger charge is -2.22. The summed E-state index contributed by atoms with van der Waals surface area (Å²) in [7, 11) is 0. The Balaban J connectivity index is 2.13. The van der Waals surface area contributed by atoms with Crippen molar-refractivity contribution in [2.45, 2.75) is 23.5 Å². The molecule has 1 fully saturated rings. The largest absolute Gasteiger partial charge is 0.480 e. The summed E-state index contributed by atoms with van der Waals surface area (Å²) >= 11 is 1.49. The van der Waals surface area contributed by atoms with Gasteiger partial charge < -0.3 is 20.4 Å². The number of benzene rings is 1. The minimum absolute atomic E-state index is 0.0320. The van der Waals surface area contributed by atoms with E-state index in [4.69, 9.17) is 5.11 Å². The summed E-state index contributed by atoms with van der Waals surface area (Å²) in [6.45, 7) is 0.0320. The van der Waals surface area contributed by atoms with Crippen LogP contribution in [-0.2, 0) is 4.79 Å². The van der Waals surface area contributed by atoms with Gasteiger partial charge in [0.2, 0.25) is 0 Å². The van der Waals surface area contributed by atoms with Gasteiger partial charge in [0.15, 0.2) is 0 Å². The molecule has 1 aromatic rings. The first-order valence-corrected chi connectivity index (χ1v) is 7.37. The van der Waals surface area contributed by atoms with Crippen molar-refractivity contribution in [3.63, 3.8) is 0 Å². The first kappa shape index (κ1) is 14.7. The molecule has 1 heterocycles. The van der Waals surface area contributed by atoms with Crippen molar-refractivity contribution in [1.29, 1.82) is 0 Å². The number of hydrogen-bond donors (Lipinski definition) is 3. The molecule has 7 heteroatoms. The summed E-state index contributed by atoms with van der Waals surface area (Å²) < 4.78 is 0. The van der Waals surface area contributed by atoms with Crippen LogP contribution in [0.5, 0.6) is 0 Å². The second-order valence-corrected chi connectivity index (χ2v) is 5.37. The van der Waals surface area contributed by atoms with Gasteiger partial charge >= 0.3 is 12.0 Å². The molecule has 0 aromatic heterocycles.